The third kappa shape index (κ3) is 4.38. The molecule has 2 N–H and O–H groups in total. The molecule has 3 aromatic rings. The minimum atomic E-state index is -3.79. The van der Waals surface area contributed by atoms with Gasteiger partial charge in [-0.1, -0.05) is 30.3 Å². The quantitative estimate of drug-likeness (QED) is 0.648. The number of anilines is 2. The van der Waals surface area contributed by atoms with E-state index < -0.39 is 15.9 Å². The molecule has 0 saturated heterocycles. The van der Waals surface area contributed by atoms with Crippen LogP contribution in [-0.4, -0.2) is 27.5 Å². The lowest BCUT2D eigenvalue weighted by molar-refractivity contribution is 0.102. The number of hydrogen-bond donors (Lipinski definition) is 2. The molecule has 1 amide bonds. The molecular formula is C22H20N2O5S. The number of amides is 1. The van der Waals surface area contributed by atoms with Crippen molar-refractivity contribution in [3.63, 3.8) is 0 Å². The summed E-state index contributed by atoms with van der Waals surface area (Å²) in [6.45, 7) is 1.08. The van der Waals surface area contributed by atoms with Gasteiger partial charge < -0.3 is 14.8 Å². The van der Waals surface area contributed by atoms with Crippen LogP contribution in [0.3, 0.4) is 0 Å². The van der Waals surface area contributed by atoms with E-state index in [1.54, 1.807) is 60.7 Å². The molecule has 7 nitrogen and oxygen atoms in total. The monoisotopic (exact) mass is 424 g/mol. The van der Waals surface area contributed by atoms with Crippen LogP contribution in [-0.2, 0) is 10.0 Å². The number of rotatable bonds is 5. The molecule has 0 fully saturated rings. The zero-order valence-corrected chi connectivity index (χ0v) is 16.8. The van der Waals surface area contributed by atoms with E-state index in [0.29, 0.717) is 36.0 Å². The molecule has 0 aliphatic carbocycles. The van der Waals surface area contributed by atoms with Gasteiger partial charge >= 0.3 is 0 Å². The molecule has 30 heavy (non-hydrogen) atoms. The number of carbonyl (C=O) groups is 1. The number of nitrogens with one attached hydrogen (secondary N) is 2. The van der Waals surface area contributed by atoms with E-state index in [1.807, 2.05) is 0 Å². The van der Waals surface area contributed by atoms with Crippen LogP contribution in [0.25, 0.3) is 0 Å². The van der Waals surface area contributed by atoms with E-state index in [1.165, 1.54) is 12.1 Å². The molecule has 3 aromatic carbocycles. The number of para-hydroxylation sites is 2. The SMILES string of the molecule is O=C(Nc1ccccc1NS(=O)(=O)c1ccccc1)c1ccc2c(c1)OCCCO2. The van der Waals surface area contributed by atoms with E-state index in [2.05, 4.69) is 10.0 Å². The topological polar surface area (TPSA) is 93.7 Å². The average Bonchev–Trinajstić information content (AvgIpc) is 3.00. The predicted molar refractivity (Wildman–Crippen MR) is 114 cm³/mol. The van der Waals surface area contributed by atoms with Gasteiger partial charge in [0.25, 0.3) is 15.9 Å². The molecule has 0 saturated carbocycles. The van der Waals surface area contributed by atoms with Gasteiger partial charge in [-0.3, -0.25) is 9.52 Å². The lowest BCUT2D eigenvalue weighted by Gasteiger charge is -2.14. The van der Waals surface area contributed by atoms with Crippen molar-refractivity contribution in [3.05, 3.63) is 78.4 Å². The average molecular weight is 424 g/mol. The van der Waals surface area contributed by atoms with Crippen LogP contribution in [0.5, 0.6) is 11.5 Å². The highest BCUT2D eigenvalue weighted by Crippen LogP contribution is 2.31. The summed E-state index contributed by atoms with van der Waals surface area (Å²) in [5.41, 5.74) is 0.984. The van der Waals surface area contributed by atoms with Gasteiger partial charge in [-0.2, -0.15) is 0 Å². The second kappa shape index (κ2) is 8.46. The zero-order valence-electron chi connectivity index (χ0n) is 16.0. The predicted octanol–water partition coefficient (Wildman–Crippen LogP) is 3.90. The van der Waals surface area contributed by atoms with Crippen molar-refractivity contribution < 1.29 is 22.7 Å². The van der Waals surface area contributed by atoms with Crippen molar-refractivity contribution in [1.82, 2.24) is 0 Å². The first-order chi connectivity index (χ1) is 14.5. The summed E-state index contributed by atoms with van der Waals surface area (Å²) in [6.07, 6.45) is 0.769. The molecule has 0 radical (unpaired) electrons. The van der Waals surface area contributed by atoms with Gasteiger partial charge in [0.1, 0.15) is 0 Å². The minimum absolute atomic E-state index is 0.133. The van der Waals surface area contributed by atoms with Crippen LogP contribution in [0, 0.1) is 0 Å². The van der Waals surface area contributed by atoms with Gasteiger partial charge in [0.15, 0.2) is 11.5 Å². The first-order valence-electron chi connectivity index (χ1n) is 9.41. The first-order valence-corrected chi connectivity index (χ1v) is 10.9. The van der Waals surface area contributed by atoms with Gasteiger partial charge in [-0.05, 0) is 42.5 Å². The summed E-state index contributed by atoms with van der Waals surface area (Å²) in [5, 5.41) is 2.76. The molecule has 1 heterocycles. The van der Waals surface area contributed by atoms with E-state index in [0.717, 1.165) is 6.42 Å². The highest BCUT2D eigenvalue weighted by atomic mass is 32.2. The van der Waals surface area contributed by atoms with Crippen LogP contribution in [0.1, 0.15) is 16.8 Å². The summed E-state index contributed by atoms with van der Waals surface area (Å²) < 4.78 is 39.0. The first kappa shape index (κ1) is 19.8. The Hall–Kier alpha value is -3.52. The Morgan fingerprint density at radius 3 is 2.23 bits per heavy atom. The molecule has 0 atom stereocenters. The second-order valence-electron chi connectivity index (χ2n) is 6.63. The maximum Gasteiger partial charge on any atom is 0.261 e. The summed E-state index contributed by atoms with van der Waals surface area (Å²) in [6, 6.07) is 19.6. The summed E-state index contributed by atoms with van der Waals surface area (Å²) in [4.78, 5) is 12.9. The lowest BCUT2D eigenvalue weighted by Crippen LogP contribution is -2.17. The van der Waals surface area contributed by atoms with Crippen molar-refractivity contribution in [1.29, 1.82) is 0 Å². The fraction of sp³-hybridized carbons (Fsp3) is 0.136. The molecular weight excluding hydrogens is 404 g/mol. The Morgan fingerprint density at radius 2 is 1.47 bits per heavy atom. The fourth-order valence-corrected chi connectivity index (χ4v) is 4.08. The fourth-order valence-electron chi connectivity index (χ4n) is 2.98. The summed E-state index contributed by atoms with van der Waals surface area (Å²) in [5.74, 6) is 0.718. The second-order valence-corrected chi connectivity index (χ2v) is 8.31. The van der Waals surface area contributed by atoms with Crippen LogP contribution < -0.4 is 19.5 Å². The molecule has 0 aromatic heterocycles. The molecule has 4 rings (SSSR count). The Morgan fingerprint density at radius 1 is 0.800 bits per heavy atom. The third-order valence-electron chi connectivity index (χ3n) is 4.48. The Kier molecular flexibility index (Phi) is 5.58. The molecule has 1 aliphatic heterocycles. The van der Waals surface area contributed by atoms with Crippen molar-refractivity contribution >= 4 is 27.3 Å². The largest absolute Gasteiger partial charge is 0.490 e. The lowest BCUT2D eigenvalue weighted by atomic mass is 10.1. The summed E-state index contributed by atoms with van der Waals surface area (Å²) in [7, 11) is -3.79. The third-order valence-corrected chi connectivity index (χ3v) is 5.86. The van der Waals surface area contributed by atoms with Crippen LogP contribution in [0.2, 0.25) is 0 Å². The number of fused-ring (bicyclic) bond motifs is 1. The van der Waals surface area contributed by atoms with Crippen LogP contribution in [0.15, 0.2) is 77.7 Å². The number of hydrogen-bond acceptors (Lipinski definition) is 5. The standard InChI is InChI=1S/C22H20N2O5S/c25-22(16-11-12-20-21(15-16)29-14-6-13-28-20)23-18-9-4-5-10-19(18)24-30(26,27)17-7-2-1-3-8-17/h1-5,7-12,15,24H,6,13-14H2,(H,23,25). The Balaban J connectivity index is 1.56. The van der Waals surface area contributed by atoms with Gasteiger partial charge in [0, 0.05) is 12.0 Å². The molecule has 0 unspecified atom stereocenters. The number of benzene rings is 3. The van der Waals surface area contributed by atoms with Crippen molar-refractivity contribution in [2.24, 2.45) is 0 Å². The van der Waals surface area contributed by atoms with Crippen molar-refractivity contribution in [2.45, 2.75) is 11.3 Å². The maximum atomic E-state index is 12.8. The number of ether oxygens (including phenoxy) is 2. The Labute approximate surface area is 174 Å². The van der Waals surface area contributed by atoms with Crippen LogP contribution >= 0.6 is 0 Å². The normalized spacial score (nSPS) is 13.2. The molecule has 154 valence electrons. The smallest absolute Gasteiger partial charge is 0.261 e. The summed E-state index contributed by atoms with van der Waals surface area (Å²) >= 11 is 0. The maximum absolute atomic E-state index is 12.8. The van der Waals surface area contributed by atoms with E-state index in [-0.39, 0.29) is 10.6 Å². The molecule has 8 heteroatoms. The van der Waals surface area contributed by atoms with Gasteiger partial charge in [-0.15, -0.1) is 0 Å². The highest BCUT2D eigenvalue weighted by molar-refractivity contribution is 7.92. The van der Waals surface area contributed by atoms with Gasteiger partial charge in [0.2, 0.25) is 0 Å². The molecule has 1 aliphatic rings. The number of sulfonamides is 1. The zero-order chi connectivity index (χ0) is 21.0. The van der Waals surface area contributed by atoms with Crippen molar-refractivity contribution in [3.8, 4) is 11.5 Å². The Bertz CT molecular complexity index is 1160. The van der Waals surface area contributed by atoms with Crippen LogP contribution in [0.4, 0.5) is 11.4 Å². The van der Waals surface area contributed by atoms with Gasteiger partial charge in [-0.25, -0.2) is 8.42 Å². The van der Waals surface area contributed by atoms with Crippen molar-refractivity contribution in [2.75, 3.05) is 23.3 Å². The number of carbonyl (C=O) groups excluding carboxylic acids is 1. The van der Waals surface area contributed by atoms with E-state index in [9.17, 15) is 13.2 Å². The van der Waals surface area contributed by atoms with E-state index in [4.69, 9.17) is 9.47 Å². The molecule has 0 bridgehead atoms. The van der Waals surface area contributed by atoms with Gasteiger partial charge in [0.05, 0.1) is 29.5 Å². The highest BCUT2D eigenvalue weighted by Gasteiger charge is 2.18. The van der Waals surface area contributed by atoms with E-state index >= 15 is 0 Å². The minimum Gasteiger partial charge on any atom is -0.490 e. The molecule has 0 spiro atoms.